The van der Waals surface area contributed by atoms with Gasteiger partial charge in [0.15, 0.2) is 5.84 Å². The Morgan fingerprint density at radius 3 is 2.67 bits per heavy atom. The van der Waals surface area contributed by atoms with Crippen molar-refractivity contribution < 1.29 is 10.0 Å². The normalized spacial score (nSPS) is 16.1. The van der Waals surface area contributed by atoms with Gasteiger partial charge in [0, 0.05) is 6.04 Å². The number of hydrogen-bond donors (Lipinski definition) is 2. The third-order valence-electron chi connectivity index (χ3n) is 4.15. The molecule has 1 aromatic rings. The number of amides is 1. The van der Waals surface area contributed by atoms with E-state index in [-0.39, 0.29) is 24.3 Å². The molecule has 0 aromatic heterocycles. The SMILES string of the molecule is Cc1ccccc1CC(=O)N(CC(N)=NO)C1CCCC1. The van der Waals surface area contributed by atoms with Gasteiger partial charge >= 0.3 is 0 Å². The van der Waals surface area contributed by atoms with E-state index in [0.29, 0.717) is 6.42 Å². The lowest BCUT2D eigenvalue weighted by Crippen LogP contribution is -2.45. The molecule has 0 saturated heterocycles. The van der Waals surface area contributed by atoms with Crippen LogP contribution in [-0.4, -0.2) is 34.4 Å². The largest absolute Gasteiger partial charge is 0.409 e. The molecule has 1 aromatic carbocycles. The van der Waals surface area contributed by atoms with Crippen LogP contribution in [0.15, 0.2) is 29.4 Å². The Morgan fingerprint density at radius 2 is 2.05 bits per heavy atom. The first-order valence-electron chi connectivity index (χ1n) is 7.42. The highest BCUT2D eigenvalue weighted by atomic mass is 16.4. The van der Waals surface area contributed by atoms with Gasteiger partial charge in [-0.05, 0) is 30.9 Å². The highest BCUT2D eigenvalue weighted by molar-refractivity contribution is 5.88. The van der Waals surface area contributed by atoms with Gasteiger partial charge in [-0.2, -0.15) is 0 Å². The van der Waals surface area contributed by atoms with E-state index < -0.39 is 0 Å². The van der Waals surface area contributed by atoms with Crippen molar-refractivity contribution in [1.82, 2.24) is 4.90 Å². The van der Waals surface area contributed by atoms with Crippen molar-refractivity contribution in [2.24, 2.45) is 10.9 Å². The van der Waals surface area contributed by atoms with Crippen molar-refractivity contribution in [2.75, 3.05) is 6.54 Å². The van der Waals surface area contributed by atoms with Gasteiger partial charge in [0.25, 0.3) is 0 Å². The van der Waals surface area contributed by atoms with Gasteiger partial charge in [0.1, 0.15) is 0 Å². The minimum absolute atomic E-state index is 0.0443. The first kappa shape index (κ1) is 15.4. The van der Waals surface area contributed by atoms with Crippen LogP contribution < -0.4 is 5.73 Å². The zero-order chi connectivity index (χ0) is 15.2. The van der Waals surface area contributed by atoms with Crippen LogP contribution in [0.5, 0.6) is 0 Å². The van der Waals surface area contributed by atoms with Gasteiger partial charge in [0.2, 0.25) is 5.91 Å². The van der Waals surface area contributed by atoms with E-state index in [1.54, 1.807) is 4.90 Å². The molecule has 0 unspecified atom stereocenters. The first-order chi connectivity index (χ1) is 10.1. The smallest absolute Gasteiger partial charge is 0.227 e. The number of nitrogens with zero attached hydrogens (tertiary/aromatic N) is 2. The van der Waals surface area contributed by atoms with Crippen molar-refractivity contribution in [3.05, 3.63) is 35.4 Å². The number of aryl methyl sites for hydroxylation is 1. The maximum Gasteiger partial charge on any atom is 0.227 e. The van der Waals surface area contributed by atoms with Crippen LogP contribution in [0.3, 0.4) is 0 Å². The van der Waals surface area contributed by atoms with Gasteiger partial charge in [0.05, 0.1) is 13.0 Å². The molecule has 0 aliphatic heterocycles. The fourth-order valence-electron chi connectivity index (χ4n) is 2.92. The summed E-state index contributed by atoms with van der Waals surface area (Å²) in [5.74, 6) is 0.128. The number of hydrogen-bond acceptors (Lipinski definition) is 3. The first-order valence-corrected chi connectivity index (χ1v) is 7.42. The van der Waals surface area contributed by atoms with Crippen LogP contribution in [-0.2, 0) is 11.2 Å². The lowest BCUT2D eigenvalue weighted by atomic mass is 10.0. The lowest BCUT2D eigenvalue weighted by molar-refractivity contribution is -0.131. The highest BCUT2D eigenvalue weighted by Crippen LogP contribution is 2.24. The van der Waals surface area contributed by atoms with E-state index in [4.69, 9.17) is 10.9 Å². The molecule has 0 radical (unpaired) electrons. The molecule has 0 bridgehead atoms. The maximum absolute atomic E-state index is 12.6. The van der Waals surface area contributed by atoms with Crippen LogP contribution in [0.1, 0.15) is 36.8 Å². The third kappa shape index (κ3) is 3.97. The molecule has 0 atom stereocenters. The van der Waals surface area contributed by atoms with Gasteiger partial charge in [-0.1, -0.05) is 42.3 Å². The molecular weight excluding hydrogens is 266 g/mol. The maximum atomic E-state index is 12.6. The van der Waals surface area contributed by atoms with Crippen LogP contribution in [0.25, 0.3) is 0 Å². The summed E-state index contributed by atoms with van der Waals surface area (Å²) in [5, 5.41) is 11.8. The summed E-state index contributed by atoms with van der Waals surface area (Å²) in [4.78, 5) is 14.4. The number of oxime groups is 1. The van der Waals surface area contributed by atoms with E-state index in [1.165, 1.54) is 0 Å². The minimum Gasteiger partial charge on any atom is -0.409 e. The number of amidine groups is 1. The summed E-state index contributed by atoms with van der Waals surface area (Å²) >= 11 is 0. The summed E-state index contributed by atoms with van der Waals surface area (Å²) in [6.07, 6.45) is 4.63. The molecule has 3 N–H and O–H groups in total. The van der Waals surface area contributed by atoms with Gasteiger partial charge < -0.3 is 15.8 Å². The van der Waals surface area contributed by atoms with Crippen LogP contribution in [0, 0.1) is 6.92 Å². The van der Waals surface area contributed by atoms with Gasteiger partial charge in [-0.15, -0.1) is 0 Å². The van der Waals surface area contributed by atoms with Crippen LogP contribution in [0.4, 0.5) is 0 Å². The number of rotatable bonds is 5. The molecule has 5 heteroatoms. The standard InChI is InChI=1S/C16H23N3O2/c1-12-6-2-3-7-13(12)10-16(20)19(11-15(17)18-21)14-8-4-5-9-14/h2-3,6-7,14,21H,4-5,8-11H2,1H3,(H2,17,18). The Hall–Kier alpha value is -2.04. The van der Waals surface area contributed by atoms with Gasteiger partial charge in [-0.25, -0.2) is 0 Å². The zero-order valence-electron chi connectivity index (χ0n) is 12.5. The van der Waals surface area contributed by atoms with E-state index in [1.807, 2.05) is 31.2 Å². The second-order valence-corrected chi connectivity index (χ2v) is 5.65. The molecule has 1 amide bonds. The Labute approximate surface area is 125 Å². The molecule has 1 saturated carbocycles. The Bertz CT molecular complexity index is 522. The fourth-order valence-corrected chi connectivity index (χ4v) is 2.92. The van der Waals surface area contributed by atoms with Crippen molar-refractivity contribution in [2.45, 2.75) is 45.1 Å². The fraction of sp³-hybridized carbons (Fsp3) is 0.500. The summed E-state index contributed by atoms with van der Waals surface area (Å²) < 4.78 is 0. The van der Waals surface area contributed by atoms with Crippen molar-refractivity contribution >= 4 is 11.7 Å². The molecule has 0 heterocycles. The number of carbonyl (C=O) groups is 1. The molecule has 1 aliphatic rings. The summed E-state index contributed by atoms with van der Waals surface area (Å²) in [7, 11) is 0. The molecule has 2 rings (SSSR count). The lowest BCUT2D eigenvalue weighted by Gasteiger charge is -2.28. The number of carbonyl (C=O) groups excluding carboxylic acids is 1. The van der Waals surface area contributed by atoms with Gasteiger partial charge in [-0.3, -0.25) is 4.79 Å². The number of nitrogens with two attached hydrogens (primary N) is 1. The third-order valence-corrected chi connectivity index (χ3v) is 4.15. The van der Waals surface area contributed by atoms with E-state index in [0.717, 1.165) is 36.8 Å². The highest BCUT2D eigenvalue weighted by Gasteiger charge is 2.27. The Balaban J connectivity index is 2.11. The van der Waals surface area contributed by atoms with E-state index in [2.05, 4.69) is 5.16 Å². The molecule has 1 aliphatic carbocycles. The van der Waals surface area contributed by atoms with Crippen molar-refractivity contribution in [3.63, 3.8) is 0 Å². The molecule has 21 heavy (non-hydrogen) atoms. The summed E-state index contributed by atoms with van der Waals surface area (Å²) in [6.45, 7) is 2.21. The van der Waals surface area contributed by atoms with E-state index >= 15 is 0 Å². The van der Waals surface area contributed by atoms with Crippen molar-refractivity contribution in [3.8, 4) is 0 Å². The average Bonchev–Trinajstić information content (AvgIpc) is 3.00. The molecule has 0 spiro atoms. The topological polar surface area (TPSA) is 78.9 Å². The molecule has 1 fully saturated rings. The van der Waals surface area contributed by atoms with Crippen LogP contribution in [0.2, 0.25) is 0 Å². The predicted octanol–water partition coefficient (Wildman–Crippen LogP) is 2.06. The van der Waals surface area contributed by atoms with Crippen molar-refractivity contribution in [1.29, 1.82) is 0 Å². The second kappa shape index (κ2) is 7.11. The zero-order valence-corrected chi connectivity index (χ0v) is 12.5. The quantitative estimate of drug-likeness (QED) is 0.377. The van der Waals surface area contributed by atoms with E-state index in [9.17, 15) is 4.79 Å². The monoisotopic (exact) mass is 289 g/mol. The average molecular weight is 289 g/mol. The summed E-state index contributed by atoms with van der Waals surface area (Å²) in [5.41, 5.74) is 7.75. The molecule has 5 nitrogen and oxygen atoms in total. The van der Waals surface area contributed by atoms with Crippen LogP contribution >= 0.6 is 0 Å². The Morgan fingerprint density at radius 1 is 1.38 bits per heavy atom. The number of benzene rings is 1. The predicted molar refractivity (Wildman–Crippen MR) is 82.3 cm³/mol. The molecular formula is C16H23N3O2. The summed E-state index contributed by atoms with van der Waals surface area (Å²) in [6, 6.07) is 8.10. The minimum atomic E-state index is 0.0443. The Kier molecular flexibility index (Phi) is 5.20. The second-order valence-electron chi connectivity index (χ2n) is 5.65. The molecule has 114 valence electrons.